The molecule has 112 valence electrons. The van der Waals surface area contributed by atoms with Gasteiger partial charge in [0, 0.05) is 11.6 Å². The molecular formula is C17H27ClN2. The Kier molecular flexibility index (Phi) is 5.48. The van der Waals surface area contributed by atoms with Crippen molar-refractivity contribution in [1.82, 2.24) is 4.90 Å². The summed E-state index contributed by atoms with van der Waals surface area (Å²) in [5, 5.41) is 0.776. The van der Waals surface area contributed by atoms with E-state index >= 15 is 0 Å². The summed E-state index contributed by atoms with van der Waals surface area (Å²) in [5.74, 6) is 0.584. The number of hydrogen-bond donors (Lipinski definition) is 1. The highest BCUT2D eigenvalue weighted by Crippen LogP contribution is 2.29. The third-order valence-electron chi connectivity index (χ3n) is 4.15. The van der Waals surface area contributed by atoms with Crippen LogP contribution in [-0.2, 0) is 5.54 Å². The maximum Gasteiger partial charge on any atom is 0.0541 e. The van der Waals surface area contributed by atoms with Crippen molar-refractivity contribution in [2.75, 3.05) is 19.6 Å². The van der Waals surface area contributed by atoms with Crippen molar-refractivity contribution in [3.8, 4) is 0 Å². The Morgan fingerprint density at radius 1 is 1.15 bits per heavy atom. The molecule has 20 heavy (non-hydrogen) atoms. The van der Waals surface area contributed by atoms with Gasteiger partial charge in [0.25, 0.3) is 0 Å². The lowest BCUT2D eigenvalue weighted by molar-refractivity contribution is 0.163. The summed E-state index contributed by atoms with van der Waals surface area (Å²) in [6.07, 6.45) is 4.97. The summed E-state index contributed by atoms with van der Waals surface area (Å²) in [6.45, 7) is 7.81. The molecule has 3 heteroatoms. The van der Waals surface area contributed by atoms with Crippen LogP contribution >= 0.6 is 11.6 Å². The van der Waals surface area contributed by atoms with Crippen LogP contribution in [-0.4, -0.2) is 24.5 Å². The molecule has 1 aromatic carbocycles. The normalized spacial score (nSPS) is 20.1. The predicted molar refractivity (Wildman–Crippen MR) is 87.1 cm³/mol. The molecule has 1 aliphatic heterocycles. The fourth-order valence-corrected chi connectivity index (χ4v) is 3.43. The average molecular weight is 295 g/mol. The molecule has 1 aliphatic rings. The summed E-state index contributed by atoms with van der Waals surface area (Å²) in [4.78, 5) is 2.53. The van der Waals surface area contributed by atoms with E-state index in [9.17, 15) is 0 Å². The maximum absolute atomic E-state index is 6.82. The number of benzene rings is 1. The number of rotatable bonds is 5. The highest BCUT2D eigenvalue weighted by Gasteiger charge is 2.31. The maximum atomic E-state index is 6.82. The van der Waals surface area contributed by atoms with Gasteiger partial charge in [0.05, 0.1) is 5.54 Å². The minimum Gasteiger partial charge on any atom is -0.320 e. The number of nitrogens with zero attached hydrogens (tertiary/aromatic N) is 1. The molecule has 1 saturated heterocycles. The first-order valence-corrected chi connectivity index (χ1v) is 8.15. The zero-order chi connectivity index (χ0) is 14.6. The number of hydrogen-bond acceptors (Lipinski definition) is 2. The van der Waals surface area contributed by atoms with Gasteiger partial charge in [0.1, 0.15) is 0 Å². The molecule has 0 amide bonds. The summed E-state index contributed by atoms with van der Waals surface area (Å²) in [6, 6.07) is 8.09. The van der Waals surface area contributed by atoms with Crippen LogP contribution in [0, 0.1) is 5.92 Å². The standard InChI is InChI=1S/C17H27ClN2/c1-14(2)12-17(19,13-20-10-4-3-5-11-20)15-6-8-16(18)9-7-15/h6-9,14H,3-5,10-13,19H2,1-2H3. The molecule has 1 fully saturated rings. The Morgan fingerprint density at radius 3 is 2.30 bits per heavy atom. The molecule has 0 aromatic heterocycles. The molecular weight excluding hydrogens is 268 g/mol. The van der Waals surface area contributed by atoms with Gasteiger partial charge in [0.2, 0.25) is 0 Å². The van der Waals surface area contributed by atoms with Gasteiger partial charge in [-0.05, 0) is 56.0 Å². The Labute approximate surface area is 128 Å². The quantitative estimate of drug-likeness (QED) is 0.888. The highest BCUT2D eigenvalue weighted by atomic mass is 35.5. The lowest BCUT2D eigenvalue weighted by atomic mass is 9.82. The van der Waals surface area contributed by atoms with E-state index in [-0.39, 0.29) is 5.54 Å². The van der Waals surface area contributed by atoms with Crippen molar-refractivity contribution in [2.24, 2.45) is 11.7 Å². The van der Waals surface area contributed by atoms with Crippen molar-refractivity contribution < 1.29 is 0 Å². The zero-order valence-electron chi connectivity index (χ0n) is 12.7. The topological polar surface area (TPSA) is 29.3 Å². The molecule has 0 radical (unpaired) electrons. The third kappa shape index (κ3) is 4.21. The predicted octanol–water partition coefficient (Wildman–Crippen LogP) is 4.03. The SMILES string of the molecule is CC(C)CC(N)(CN1CCCCC1)c1ccc(Cl)cc1. The van der Waals surface area contributed by atoms with Crippen molar-refractivity contribution in [3.05, 3.63) is 34.9 Å². The van der Waals surface area contributed by atoms with Crippen molar-refractivity contribution in [1.29, 1.82) is 0 Å². The van der Waals surface area contributed by atoms with Crippen LogP contribution in [0.4, 0.5) is 0 Å². The van der Waals surface area contributed by atoms with Gasteiger partial charge in [-0.25, -0.2) is 0 Å². The Bertz CT molecular complexity index is 410. The van der Waals surface area contributed by atoms with E-state index in [1.54, 1.807) is 0 Å². The monoisotopic (exact) mass is 294 g/mol. The molecule has 2 N–H and O–H groups in total. The van der Waals surface area contributed by atoms with Gasteiger partial charge in [0.15, 0.2) is 0 Å². The van der Waals surface area contributed by atoms with Crippen molar-refractivity contribution in [3.63, 3.8) is 0 Å². The second-order valence-electron chi connectivity index (χ2n) is 6.60. The van der Waals surface area contributed by atoms with Crippen LogP contribution in [0.15, 0.2) is 24.3 Å². The first kappa shape index (κ1) is 15.8. The highest BCUT2D eigenvalue weighted by molar-refractivity contribution is 6.30. The van der Waals surface area contributed by atoms with Gasteiger partial charge in [-0.15, -0.1) is 0 Å². The van der Waals surface area contributed by atoms with E-state index in [1.165, 1.54) is 37.9 Å². The van der Waals surface area contributed by atoms with Gasteiger partial charge in [-0.1, -0.05) is 44.0 Å². The zero-order valence-corrected chi connectivity index (χ0v) is 13.5. The first-order valence-electron chi connectivity index (χ1n) is 7.77. The molecule has 0 saturated carbocycles. The van der Waals surface area contributed by atoms with Gasteiger partial charge in [-0.3, -0.25) is 0 Å². The molecule has 1 heterocycles. The number of piperidine rings is 1. The third-order valence-corrected chi connectivity index (χ3v) is 4.40. The minimum atomic E-state index is -0.268. The fourth-order valence-electron chi connectivity index (χ4n) is 3.30. The van der Waals surface area contributed by atoms with Crippen molar-refractivity contribution >= 4 is 11.6 Å². The molecule has 1 aromatic rings. The number of nitrogens with two attached hydrogens (primary N) is 1. The van der Waals surface area contributed by atoms with Crippen molar-refractivity contribution in [2.45, 2.75) is 45.1 Å². The minimum absolute atomic E-state index is 0.268. The van der Waals surface area contributed by atoms with Crippen LogP contribution in [0.5, 0.6) is 0 Å². The molecule has 0 spiro atoms. The van der Waals surface area contributed by atoms with Crippen LogP contribution < -0.4 is 5.73 Å². The van der Waals surface area contributed by atoms with E-state index in [2.05, 4.69) is 30.9 Å². The lowest BCUT2D eigenvalue weighted by Gasteiger charge is -2.38. The smallest absolute Gasteiger partial charge is 0.0541 e. The van der Waals surface area contributed by atoms with Crippen LogP contribution in [0.3, 0.4) is 0 Å². The summed E-state index contributed by atoms with van der Waals surface area (Å²) in [5.41, 5.74) is 7.76. The van der Waals surface area contributed by atoms with Crippen LogP contribution in [0.1, 0.15) is 45.1 Å². The van der Waals surface area contributed by atoms with E-state index in [4.69, 9.17) is 17.3 Å². The Hall–Kier alpha value is -0.570. The van der Waals surface area contributed by atoms with Gasteiger partial charge in [-0.2, -0.15) is 0 Å². The summed E-state index contributed by atoms with van der Waals surface area (Å²) in [7, 11) is 0. The lowest BCUT2D eigenvalue weighted by Crippen LogP contribution is -2.49. The van der Waals surface area contributed by atoms with E-state index in [0.29, 0.717) is 5.92 Å². The summed E-state index contributed by atoms with van der Waals surface area (Å²) >= 11 is 6.01. The molecule has 1 atom stereocenters. The van der Waals surface area contributed by atoms with E-state index in [1.807, 2.05) is 12.1 Å². The molecule has 1 unspecified atom stereocenters. The second-order valence-corrected chi connectivity index (χ2v) is 7.03. The van der Waals surface area contributed by atoms with Gasteiger partial charge < -0.3 is 10.6 Å². The molecule has 0 bridgehead atoms. The van der Waals surface area contributed by atoms with Gasteiger partial charge >= 0.3 is 0 Å². The second kappa shape index (κ2) is 6.93. The number of halogens is 1. The molecule has 2 rings (SSSR count). The molecule has 0 aliphatic carbocycles. The van der Waals surface area contributed by atoms with E-state index < -0.39 is 0 Å². The first-order chi connectivity index (χ1) is 9.49. The summed E-state index contributed by atoms with van der Waals surface area (Å²) < 4.78 is 0. The Morgan fingerprint density at radius 2 is 1.75 bits per heavy atom. The largest absolute Gasteiger partial charge is 0.320 e. The van der Waals surface area contributed by atoms with Crippen LogP contribution in [0.2, 0.25) is 5.02 Å². The number of likely N-dealkylation sites (tertiary alicyclic amines) is 1. The average Bonchev–Trinajstić information content (AvgIpc) is 2.39. The van der Waals surface area contributed by atoms with Crippen LogP contribution in [0.25, 0.3) is 0 Å². The molecule has 2 nitrogen and oxygen atoms in total. The fraction of sp³-hybridized carbons (Fsp3) is 0.647. The van der Waals surface area contributed by atoms with E-state index in [0.717, 1.165) is 18.0 Å². The Balaban J connectivity index is 2.17.